The number of nitrogens with zero attached hydrogens (tertiary/aromatic N) is 5. The van der Waals surface area contributed by atoms with E-state index < -0.39 is 12.1 Å². The summed E-state index contributed by atoms with van der Waals surface area (Å²) in [6.07, 6.45) is 3.01. The lowest BCUT2D eigenvalue weighted by Gasteiger charge is -2.06. The SMILES string of the molecule is Cn1nccc1-c1c(F)cnc2[nH]c3cnc(-c4cccnc4)cc3c12.O=C(O)C(F)(F)F. The summed E-state index contributed by atoms with van der Waals surface area (Å²) in [4.78, 5) is 25.0. The fourth-order valence-corrected chi connectivity index (χ4v) is 3.28. The summed E-state index contributed by atoms with van der Waals surface area (Å²) < 4.78 is 48.1. The molecule has 0 amide bonds. The van der Waals surface area contributed by atoms with Crippen molar-refractivity contribution in [3.63, 3.8) is 0 Å². The Morgan fingerprint density at radius 2 is 1.88 bits per heavy atom. The van der Waals surface area contributed by atoms with Crippen molar-refractivity contribution in [2.24, 2.45) is 7.05 Å². The second-order valence-corrected chi connectivity index (χ2v) is 6.83. The number of hydrogen-bond donors (Lipinski definition) is 2. The number of hydrogen-bond acceptors (Lipinski definition) is 5. The Balaban J connectivity index is 0.000000325. The zero-order valence-electron chi connectivity index (χ0n) is 16.8. The van der Waals surface area contributed by atoms with Crippen LogP contribution in [0.1, 0.15) is 0 Å². The summed E-state index contributed by atoms with van der Waals surface area (Å²) in [5.74, 6) is -3.14. The molecule has 33 heavy (non-hydrogen) atoms. The highest BCUT2D eigenvalue weighted by atomic mass is 19.4. The molecule has 12 heteroatoms. The molecule has 0 unspecified atom stereocenters. The Morgan fingerprint density at radius 1 is 1.12 bits per heavy atom. The molecule has 5 aromatic heterocycles. The first kappa shape index (κ1) is 21.9. The maximum absolute atomic E-state index is 14.7. The van der Waals surface area contributed by atoms with Crippen molar-refractivity contribution in [3.05, 3.63) is 61.1 Å². The molecular weight excluding hydrogens is 444 g/mol. The Morgan fingerprint density at radius 3 is 2.48 bits per heavy atom. The molecule has 0 aromatic carbocycles. The molecule has 8 nitrogen and oxygen atoms in total. The van der Waals surface area contributed by atoms with Crippen molar-refractivity contribution >= 4 is 27.9 Å². The summed E-state index contributed by atoms with van der Waals surface area (Å²) >= 11 is 0. The molecule has 0 atom stereocenters. The van der Waals surface area contributed by atoms with Gasteiger partial charge < -0.3 is 10.1 Å². The van der Waals surface area contributed by atoms with Gasteiger partial charge in [0.25, 0.3) is 0 Å². The van der Waals surface area contributed by atoms with Gasteiger partial charge in [0.2, 0.25) is 0 Å². The van der Waals surface area contributed by atoms with E-state index in [4.69, 9.17) is 9.90 Å². The lowest BCUT2D eigenvalue weighted by molar-refractivity contribution is -0.192. The van der Waals surface area contributed by atoms with Crippen molar-refractivity contribution in [3.8, 4) is 22.5 Å². The van der Waals surface area contributed by atoms with Crippen LogP contribution in [-0.2, 0) is 11.8 Å². The summed E-state index contributed by atoms with van der Waals surface area (Å²) in [5.41, 5.74) is 4.25. The van der Waals surface area contributed by atoms with Gasteiger partial charge in [0.05, 0.1) is 29.3 Å². The van der Waals surface area contributed by atoms with Crippen molar-refractivity contribution in [2.45, 2.75) is 6.18 Å². The fraction of sp³-hybridized carbons (Fsp3) is 0.0952. The van der Waals surface area contributed by atoms with E-state index in [-0.39, 0.29) is 5.82 Å². The minimum absolute atomic E-state index is 0.387. The molecule has 0 aliphatic carbocycles. The molecular formula is C21H14F4N6O2. The molecule has 0 bridgehead atoms. The number of aryl methyl sites for hydroxylation is 1. The molecule has 5 heterocycles. The maximum atomic E-state index is 14.7. The average molecular weight is 458 g/mol. The number of carbonyl (C=O) groups is 1. The highest BCUT2D eigenvalue weighted by Crippen LogP contribution is 2.36. The first-order valence-corrected chi connectivity index (χ1v) is 9.31. The van der Waals surface area contributed by atoms with Crippen LogP contribution >= 0.6 is 0 Å². The molecule has 5 aromatic rings. The summed E-state index contributed by atoms with van der Waals surface area (Å²) in [6.45, 7) is 0. The fourth-order valence-electron chi connectivity index (χ4n) is 3.28. The molecule has 0 fully saturated rings. The molecule has 168 valence electrons. The third kappa shape index (κ3) is 4.22. The number of aromatic nitrogens is 6. The van der Waals surface area contributed by atoms with Crippen molar-refractivity contribution in [2.75, 3.05) is 0 Å². The van der Waals surface area contributed by atoms with E-state index in [2.05, 4.69) is 25.0 Å². The Labute approximate surface area is 182 Å². The predicted octanol–water partition coefficient (Wildman–Crippen LogP) is 4.35. The number of nitrogens with one attached hydrogen (secondary N) is 1. The number of carboxylic acid groups (broad SMARTS) is 1. The van der Waals surface area contributed by atoms with Gasteiger partial charge in [0.1, 0.15) is 5.65 Å². The van der Waals surface area contributed by atoms with Crippen molar-refractivity contribution < 1.29 is 27.5 Å². The largest absolute Gasteiger partial charge is 0.490 e. The van der Waals surface area contributed by atoms with Gasteiger partial charge >= 0.3 is 12.1 Å². The highest BCUT2D eigenvalue weighted by molar-refractivity contribution is 6.13. The molecule has 0 saturated heterocycles. The number of aromatic amines is 1. The Bertz CT molecular complexity index is 1460. The number of halogens is 4. The highest BCUT2D eigenvalue weighted by Gasteiger charge is 2.38. The normalized spacial score (nSPS) is 11.4. The minimum atomic E-state index is -5.08. The molecule has 0 aliphatic heterocycles. The van der Waals surface area contributed by atoms with Gasteiger partial charge in [-0.3, -0.25) is 14.6 Å². The third-order valence-corrected chi connectivity index (χ3v) is 4.74. The van der Waals surface area contributed by atoms with E-state index in [0.717, 1.165) is 27.5 Å². The third-order valence-electron chi connectivity index (χ3n) is 4.74. The van der Waals surface area contributed by atoms with E-state index >= 15 is 0 Å². The second kappa shape index (κ2) is 8.30. The van der Waals surface area contributed by atoms with E-state index in [1.165, 1.54) is 6.20 Å². The van der Waals surface area contributed by atoms with E-state index in [1.807, 2.05) is 18.2 Å². The van der Waals surface area contributed by atoms with Gasteiger partial charge in [0.15, 0.2) is 5.82 Å². The number of fused-ring (bicyclic) bond motifs is 3. The van der Waals surface area contributed by atoms with Gasteiger partial charge in [0, 0.05) is 47.5 Å². The van der Waals surface area contributed by atoms with Crippen LogP contribution in [0.2, 0.25) is 0 Å². The van der Waals surface area contributed by atoms with Gasteiger partial charge in [-0.25, -0.2) is 14.2 Å². The quantitative estimate of drug-likeness (QED) is 0.381. The smallest absolute Gasteiger partial charge is 0.475 e. The van der Waals surface area contributed by atoms with E-state index in [1.54, 1.807) is 42.6 Å². The molecule has 0 radical (unpaired) electrons. The monoisotopic (exact) mass is 458 g/mol. The molecule has 0 aliphatic rings. The molecule has 0 saturated carbocycles. The van der Waals surface area contributed by atoms with Gasteiger partial charge in [-0.2, -0.15) is 18.3 Å². The number of rotatable bonds is 2. The van der Waals surface area contributed by atoms with E-state index in [9.17, 15) is 17.6 Å². The topological polar surface area (TPSA) is 110 Å². The Kier molecular flexibility index (Phi) is 5.50. The zero-order chi connectivity index (χ0) is 23.8. The summed E-state index contributed by atoms with van der Waals surface area (Å²) in [7, 11) is 1.79. The van der Waals surface area contributed by atoms with Crippen LogP contribution < -0.4 is 0 Å². The van der Waals surface area contributed by atoms with Crippen LogP contribution in [0.5, 0.6) is 0 Å². The second-order valence-electron chi connectivity index (χ2n) is 6.83. The maximum Gasteiger partial charge on any atom is 0.490 e. The van der Waals surface area contributed by atoms with E-state index in [0.29, 0.717) is 16.9 Å². The van der Waals surface area contributed by atoms with Crippen LogP contribution in [0, 0.1) is 5.82 Å². The zero-order valence-corrected chi connectivity index (χ0v) is 16.8. The number of aliphatic carboxylic acids is 1. The minimum Gasteiger partial charge on any atom is -0.475 e. The van der Waals surface area contributed by atoms with Crippen LogP contribution in [-0.4, -0.2) is 47.0 Å². The molecule has 5 rings (SSSR count). The standard InChI is InChI=1S/C19H13FN6.C2HF3O2/c1-26-16(4-6-24-26)18-13(20)9-23-19-17(18)12-7-14(22-10-15(12)25-19)11-3-2-5-21-8-11;3-2(4,5)1(6)7/h2-10H,1H3,(H,23,25);(H,6,7). The lowest BCUT2D eigenvalue weighted by Crippen LogP contribution is -2.21. The summed E-state index contributed by atoms with van der Waals surface area (Å²) in [6, 6.07) is 7.53. The molecule has 0 spiro atoms. The lowest BCUT2D eigenvalue weighted by atomic mass is 10.0. The van der Waals surface area contributed by atoms with Gasteiger partial charge in [-0.15, -0.1) is 0 Å². The first-order valence-electron chi connectivity index (χ1n) is 9.31. The average Bonchev–Trinajstić information content (AvgIpc) is 3.37. The Hall–Kier alpha value is -4.35. The number of H-pyrrole nitrogens is 1. The van der Waals surface area contributed by atoms with Crippen LogP contribution in [0.25, 0.3) is 44.5 Å². The van der Waals surface area contributed by atoms with Crippen LogP contribution in [0.3, 0.4) is 0 Å². The van der Waals surface area contributed by atoms with Crippen molar-refractivity contribution in [1.29, 1.82) is 0 Å². The number of carboxylic acids is 1. The number of pyridine rings is 3. The van der Waals surface area contributed by atoms with Crippen LogP contribution in [0.15, 0.2) is 55.2 Å². The van der Waals surface area contributed by atoms with Crippen molar-refractivity contribution in [1.82, 2.24) is 29.7 Å². The first-order chi connectivity index (χ1) is 15.7. The predicted molar refractivity (Wildman–Crippen MR) is 110 cm³/mol. The summed E-state index contributed by atoms with van der Waals surface area (Å²) in [5, 5.41) is 12.9. The van der Waals surface area contributed by atoms with Crippen LogP contribution in [0.4, 0.5) is 17.6 Å². The van der Waals surface area contributed by atoms with Gasteiger partial charge in [-0.05, 0) is 24.3 Å². The number of alkyl halides is 3. The molecule has 2 N–H and O–H groups in total. The van der Waals surface area contributed by atoms with Gasteiger partial charge in [-0.1, -0.05) is 0 Å².